The molecule has 0 aromatic heterocycles. The van der Waals surface area contributed by atoms with Gasteiger partial charge in [-0.05, 0) is 46.0 Å². The minimum atomic E-state index is -2.22. The number of hydrogen-bond acceptors (Lipinski definition) is 3. The summed E-state index contributed by atoms with van der Waals surface area (Å²) in [5.74, 6) is 1.96. The van der Waals surface area contributed by atoms with Crippen molar-refractivity contribution in [3.8, 4) is 0 Å². The second kappa shape index (κ2) is 7.42. The van der Waals surface area contributed by atoms with Crippen molar-refractivity contribution in [2.24, 2.45) is 27.7 Å². The number of hydrogen-bond donors (Lipinski definition) is 0. The predicted molar refractivity (Wildman–Crippen MR) is 135 cm³/mol. The molecule has 5 rings (SSSR count). The molecule has 2 bridgehead atoms. The van der Waals surface area contributed by atoms with Gasteiger partial charge in [0.1, 0.15) is 6.61 Å². The molecule has 0 radical (unpaired) electrons. The molecule has 4 heteroatoms. The average molecular weight is 450 g/mol. The Labute approximate surface area is 191 Å². The van der Waals surface area contributed by atoms with Crippen molar-refractivity contribution < 1.29 is 4.74 Å². The van der Waals surface area contributed by atoms with Gasteiger partial charge in [-0.15, -0.1) is 0 Å². The van der Waals surface area contributed by atoms with Crippen LogP contribution in [-0.2, 0) is 16.5 Å². The summed E-state index contributed by atoms with van der Waals surface area (Å²) in [4.78, 5) is 5.21. The smallest absolute Gasteiger partial charge is 0.195 e. The molecule has 3 aliphatic rings. The molecule has 1 heterocycles. The minimum Gasteiger partial charge on any atom is -0.478 e. The van der Waals surface area contributed by atoms with Gasteiger partial charge in [-0.1, -0.05) is 106 Å². The van der Waals surface area contributed by atoms with Crippen molar-refractivity contribution in [3.05, 3.63) is 72.1 Å². The van der Waals surface area contributed by atoms with E-state index in [1.807, 2.05) is 0 Å². The summed E-state index contributed by atoms with van der Waals surface area (Å²) < 4.78 is 6.45. The van der Waals surface area contributed by atoms with Gasteiger partial charge in [0.25, 0.3) is 0 Å². The van der Waals surface area contributed by atoms with E-state index in [-0.39, 0.29) is 16.9 Å². The largest absolute Gasteiger partial charge is 0.478 e. The highest BCUT2D eigenvalue weighted by atomic mass is 32.4. The molecule has 1 fully saturated rings. The molecule has 31 heavy (non-hydrogen) atoms. The van der Waals surface area contributed by atoms with E-state index >= 15 is 0 Å². The van der Waals surface area contributed by atoms with Gasteiger partial charge in [0.15, 0.2) is 5.90 Å². The number of benzene rings is 2. The topological polar surface area (TPSA) is 21.6 Å². The quantitative estimate of drug-likeness (QED) is 0.531. The summed E-state index contributed by atoms with van der Waals surface area (Å²) in [6.07, 6.45) is 4.81. The molecule has 2 aromatic rings. The van der Waals surface area contributed by atoms with Crippen LogP contribution in [-0.4, -0.2) is 18.5 Å². The first-order valence-electron chi connectivity index (χ1n) is 11.5. The third-order valence-corrected chi connectivity index (χ3v) is 13.2. The second-order valence-electron chi connectivity index (χ2n) is 10.2. The van der Waals surface area contributed by atoms with E-state index in [0.29, 0.717) is 18.4 Å². The van der Waals surface area contributed by atoms with Crippen LogP contribution in [0.4, 0.5) is 0 Å². The van der Waals surface area contributed by atoms with Crippen LogP contribution in [0.5, 0.6) is 0 Å². The van der Waals surface area contributed by atoms with Crippen LogP contribution in [0.15, 0.2) is 77.0 Å². The van der Waals surface area contributed by atoms with Crippen molar-refractivity contribution in [2.75, 3.05) is 6.61 Å². The van der Waals surface area contributed by atoms with E-state index in [1.165, 1.54) is 22.3 Å². The Hall–Kier alpha value is -1.70. The molecule has 0 spiro atoms. The van der Waals surface area contributed by atoms with E-state index in [2.05, 4.69) is 94.4 Å². The maximum Gasteiger partial charge on any atom is 0.195 e. The zero-order valence-corrected chi connectivity index (χ0v) is 20.6. The molecule has 3 atom stereocenters. The fourth-order valence-electron chi connectivity index (χ4n) is 5.99. The molecule has 2 aromatic carbocycles. The van der Waals surface area contributed by atoms with Crippen LogP contribution in [0.3, 0.4) is 0 Å². The summed E-state index contributed by atoms with van der Waals surface area (Å²) >= 11 is 6.78. The SMILES string of the molecule is CC(C)[C@H]1COC([C@@]23CC[C@H](C=C2P(=S)(c2ccccc2)c2ccccc2)C3(C)C)=N1. The lowest BCUT2D eigenvalue weighted by atomic mass is 9.68. The maximum absolute atomic E-state index is 6.78. The summed E-state index contributed by atoms with van der Waals surface area (Å²) in [5.41, 5.74) is -0.150. The fourth-order valence-corrected chi connectivity index (χ4v) is 10.8. The van der Waals surface area contributed by atoms with Crippen LogP contribution in [0.1, 0.15) is 40.5 Å². The van der Waals surface area contributed by atoms with Crippen molar-refractivity contribution >= 4 is 34.4 Å². The van der Waals surface area contributed by atoms with Gasteiger partial charge >= 0.3 is 0 Å². The monoisotopic (exact) mass is 449 g/mol. The Balaban J connectivity index is 1.75. The molecule has 1 saturated carbocycles. The van der Waals surface area contributed by atoms with Gasteiger partial charge in [0.05, 0.1) is 11.5 Å². The maximum atomic E-state index is 6.78. The van der Waals surface area contributed by atoms with Crippen LogP contribution in [0.25, 0.3) is 0 Å². The number of rotatable bonds is 5. The van der Waals surface area contributed by atoms with E-state index in [0.717, 1.165) is 12.3 Å². The number of aliphatic imine (C=N–C) groups is 1. The van der Waals surface area contributed by atoms with E-state index in [4.69, 9.17) is 21.5 Å². The Morgan fingerprint density at radius 2 is 1.58 bits per heavy atom. The lowest BCUT2D eigenvalue weighted by molar-refractivity contribution is 0.182. The van der Waals surface area contributed by atoms with E-state index < -0.39 is 6.04 Å². The summed E-state index contributed by atoms with van der Waals surface area (Å²) in [7, 11) is 0. The highest BCUT2D eigenvalue weighted by Crippen LogP contribution is 2.75. The van der Waals surface area contributed by atoms with Crippen LogP contribution >= 0.6 is 6.04 Å². The van der Waals surface area contributed by atoms with Crippen LogP contribution in [0.2, 0.25) is 0 Å². The third kappa shape index (κ3) is 2.89. The first-order chi connectivity index (χ1) is 14.8. The van der Waals surface area contributed by atoms with Gasteiger partial charge in [-0.25, -0.2) is 4.99 Å². The van der Waals surface area contributed by atoms with Crippen LogP contribution < -0.4 is 10.6 Å². The summed E-state index contributed by atoms with van der Waals surface area (Å²) in [6.45, 7) is 10.0. The molecular formula is C27H32NOPS. The lowest BCUT2D eigenvalue weighted by Crippen LogP contribution is -2.42. The van der Waals surface area contributed by atoms with Crippen molar-refractivity contribution in [3.63, 3.8) is 0 Å². The zero-order valence-electron chi connectivity index (χ0n) is 18.9. The predicted octanol–water partition coefficient (Wildman–Crippen LogP) is 5.89. The number of ether oxygens (including phenoxy) is 1. The van der Waals surface area contributed by atoms with E-state index in [1.54, 1.807) is 0 Å². The van der Waals surface area contributed by atoms with Gasteiger partial charge in [0, 0.05) is 6.04 Å². The van der Waals surface area contributed by atoms with Gasteiger partial charge in [0.2, 0.25) is 0 Å². The molecule has 2 aliphatic carbocycles. The standard InChI is InChI=1S/C27H32NOPS/c1-19(2)23-18-29-25(28-23)27-16-15-20(26(27,3)4)17-24(27)30(31,21-11-7-5-8-12-21)22-13-9-6-10-14-22/h5-14,17,19-20,23H,15-16,18H2,1-4H3/t20-,23-,27-/m1/s1. The summed E-state index contributed by atoms with van der Waals surface area (Å²) in [5, 5.41) is 3.95. The molecule has 0 unspecified atom stereocenters. The second-order valence-corrected chi connectivity index (χ2v) is 14.5. The Morgan fingerprint density at radius 1 is 1.00 bits per heavy atom. The zero-order chi connectivity index (χ0) is 21.9. The first kappa shape index (κ1) is 21.2. The van der Waals surface area contributed by atoms with E-state index in [9.17, 15) is 0 Å². The minimum absolute atomic E-state index is 0.0562. The molecule has 162 valence electrons. The Kier molecular flexibility index (Phi) is 5.07. The number of nitrogens with zero attached hydrogens (tertiary/aromatic N) is 1. The molecular weight excluding hydrogens is 417 g/mol. The first-order valence-corrected chi connectivity index (χ1v) is 14.3. The highest BCUT2D eigenvalue weighted by Gasteiger charge is 2.66. The highest BCUT2D eigenvalue weighted by molar-refractivity contribution is 8.24. The van der Waals surface area contributed by atoms with Crippen molar-refractivity contribution in [2.45, 2.75) is 46.6 Å². The van der Waals surface area contributed by atoms with Crippen molar-refractivity contribution in [1.29, 1.82) is 0 Å². The molecule has 1 aliphatic heterocycles. The summed E-state index contributed by atoms with van der Waals surface area (Å²) in [6, 6.07) is 19.6. The van der Waals surface area contributed by atoms with Gasteiger partial charge in [-0.2, -0.15) is 0 Å². The number of fused-ring (bicyclic) bond motifs is 2. The van der Waals surface area contributed by atoms with Gasteiger partial charge in [-0.3, -0.25) is 0 Å². The van der Waals surface area contributed by atoms with Crippen molar-refractivity contribution in [1.82, 2.24) is 0 Å². The number of allylic oxidation sites excluding steroid dienone is 1. The van der Waals surface area contributed by atoms with Crippen LogP contribution in [0, 0.1) is 22.7 Å². The Bertz CT molecular complexity index is 1050. The molecule has 0 saturated heterocycles. The third-order valence-electron chi connectivity index (χ3n) is 8.04. The molecule has 0 N–H and O–H groups in total. The Morgan fingerprint density at radius 3 is 2.06 bits per heavy atom. The van der Waals surface area contributed by atoms with Gasteiger partial charge < -0.3 is 4.74 Å². The molecule has 0 amide bonds. The molecule has 2 nitrogen and oxygen atoms in total. The fraction of sp³-hybridized carbons (Fsp3) is 0.444. The lowest BCUT2D eigenvalue weighted by Gasteiger charge is -2.43. The normalized spacial score (nSPS) is 29.1. The average Bonchev–Trinajstić information content (AvgIpc) is 3.44.